The van der Waals surface area contributed by atoms with Gasteiger partial charge >= 0.3 is 18.1 Å². The molecule has 0 fully saturated rings. The number of hydrogen-bond donors (Lipinski definition) is 2. The van der Waals surface area contributed by atoms with E-state index in [2.05, 4.69) is 4.98 Å². The largest absolute Gasteiger partial charge is 0.462 e. The second-order valence-electron chi connectivity index (χ2n) is 6.27. The van der Waals surface area contributed by atoms with Crippen molar-refractivity contribution >= 4 is 11.9 Å². The number of benzene rings is 1. The van der Waals surface area contributed by atoms with Crippen molar-refractivity contribution in [3.05, 3.63) is 62.5 Å². The van der Waals surface area contributed by atoms with Crippen LogP contribution in [0.3, 0.4) is 0 Å². The molecule has 0 aliphatic carbocycles. The van der Waals surface area contributed by atoms with Gasteiger partial charge in [0, 0.05) is 5.56 Å². The fourth-order valence-corrected chi connectivity index (χ4v) is 2.98. The van der Waals surface area contributed by atoms with E-state index in [4.69, 9.17) is 29.9 Å². The summed E-state index contributed by atoms with van der Waals surface area (Å²) in [6, 6.07) is 4.61. The SMILES string of the molecule is CCOC(=O)c1c(C)nc(C)c(C(=O)OCCO)c1-c1ccccc1C(F)(F)F.O=[N+]([O-])O. The third kappa shape index (κ3) is 7.14. The third-order valence-corrected chi connectivity index (χ3v) is 4.07. The van der Waals surface area contributed by atoms with Crippen LogP contribution in [-0.4, -0.2) is 52.1 Å². The Kier molecular flexibility index (Phi) is 9.73. The number of ether oxygens (including phenoxy) is 2. The molecule has 2 rings (SSSR count). The number of carbonyl (C=O) groups is 2. The van der Waals surface area contributed by atoms with Gasteiger partial charge in [0.25, 0.3) is 5.09 Å². The number of aliphatic hydroxyl groups excluding tert-OH is 1. The highest BCUT2D eigenvalue weighted by Crippen LogP contribution is 2.41. The molecule has 0 aliphatic heterocycles. The van der Waals surface area contributed by atoms with Gasteiger partial charge in [0.1, 0.15) is 6.61 Å². The minimum Gasteiger partial charge on any atom is -0.462 e. The van der Waals surface area contributed by atoms with E-state index < -0.39 is 35.4 Å². The smallest absolute Gasteiger partial charge is 0.417 e. The van der Waals surface area contributed by atoms with Crippen LogP contribution in [0.4, 0.5) is 13.2 Å². The number of aromatic nitrogens is 1. The summed E-state index contributed by atoms with van der Waals surface area (Å²) >= 11 is 0. The Bertz CT molecular complexity index is 1020. The van der Waals surface area contributed by atoms with Gasteiger partial charge in [-0.1, -0.05) is 18.2 Å². The van der Waals surface area contributed by atoms with Crippen molar-refractivity contribution in [3.63, 3.8) is 0 Å². The molecule has 0 unspecified atom stereocenters. The summed E-state index contributed by atoms with van der Waals surface area (Å²) in [4.78, 5) is 37.7. The number of aryl methyl sites for hydroxylation is 2. The summed E-state index contributed by atoms with van der Waals surface area (Å²) in [5, 5.41) is 22.5. The molecule has 2 N–H and O–H groups in total. The summed E-state index contributed by atoms with van der Waals surface area (Å²) in [5.74, 6) is -1.90. The first-order valence-corrected chi connectivity index (χ1v) is 9.32. The number of esters is 2. The van der Waals surface area contributed by atoms with Crippen LogP contribution in [0, 0.1) is 24.0 Å². The first kappa shape index (κ1) is 27.3. The highest BCUT2D eigenvalue weighted by molar-refractivity contribution is 6.07. The molecular weight excluding hydrogens is 453 g/mol. The standard InChI is InChI=1S/C20H20F3NO5.HNO3/c1-4-28-18(26)15-11(2)24-12(3)16(19(27)29-10-9-25)17(15)13-7-5-6-8-14(13)20(21,22)23;2-1(3)4/h5-8,25H,4,9-10H2,1-3H3;(H,2,3,4). The Morgan fingerprint density at radius 1 is 1.09 bits per heavy atom. The number of aliphatic hydroxyl groups is 1. The van der Waals surface area contributed by atoms with Crippen LogP contribution in [0.1, 0.15) is 44.6 Å². The average molecular weight is 474 g/mol. The van der Waals surface area contributed by atoms with Crippen molar-refractivity contribution in [2.24, 2.45) is 0 Å². The van der Waals surface area contributed by atoms with Gasteiger partial charge in [-0.05, 0) is 32.4 Å². The summed E-state index contributed by atoms with van der Waals surface area (Å²) in [6.45, 7) is 3.58. The van der Waals surface area contributed by atoms with Crippen molar-refractivity contribution < 1.29 is 47.6 Å². The Morgan fingerprint density at radius 2 is 1.58 bits per heavy atom. The molecule has 0 spiro atoms. The van der Waals surface area contributed by atoms with Crippen LogP contribution in [0.2, 0.25) is 0 Å². The van der Waals surface area contributed by atoms with Gasteiger partial charge in [-0.3, -0.25) is 4.98 Å². The van der Waals surface area contributed by atoms with Crippen LogP contribution in [0.5, 0.6) is 0 Å². The van der Waals surface area contributed by atoms with E-state index in [1.165, 1.54) is 32.0 Å². The summed E-state index contributed by atoms with van der Waals surface area (Å²) < 4.78 is 50.9. The van der Waals surface area contributed by atoms with E-state index in [1.807, 2.05) is 0 Å². The molecule has 1 heterocycles. The second kappa shape index (κ2) is 11.8. The van der Waals surface area contributed by atoms with E-state index in [0.29, 0.717) is 0 Å². The predicted molar refractivity (Wildman–Crippen MR) is 106 cm³/mol. The molecule has 10 nitrogen and oxygen atoms in total. The minimum atomic E-state index is -4.74. The number of nitrogens with zero attached hydrogens (tertiary/aromatic N) is 2. The van der Waals surface area contributed by atoms with E-state index in [-0.39, 0.29) is 46.9 Å². The topological polar surface area (TPSA) is 149 Å². The quantitative estimate of drug-likeness (QED) is 0.365. The molecule has 1 aromatic heterocycles. The summed E-state index contributed by atoms with van der Waals surface area (Å²) in [7, 11) is 0. The fraction of sp³-hybridized carbons (Fsp3) is 0.350. The zero-order chi connectivity index (χ0) is 25.3. The van der Waals surface area contributed by atoms with Crippen LogP contribution >= 0.6 is 0 Å². The Balaban J connectivity index is 0.00000125. The minimum absolute atomic E-state index is 0.0171. The highest BCUT2D eigenvalue weighted by atomic mass is 19.4. The van der Waals surface area contributed by atoms with Crippen LogP contribution in [0.25, 0.3) is 11.1 Å². The number of rotatable bonds is 6. The summed E-state index contributed by atoms with van der Waals surface area (Å²) in [6.07, 6.45) is -4.74. The first-order chi connectivity index (χ1) is 15.4. The van der Waals surface area contributed by atoms with Gasteiger partial charge in [-0.25, -0.2) is 9.59 Å². The van der Waals surface area contributed by atoms with Gasteiger partial charge in [0.2, 0.25) is 0 Å². The predicted octanol–water partition coefficient (Wildman–Crippen LogP) is 3.36. The third-order valence-electron chi connectivity index (χ3n) is 4.07. The molecule has 0 saturated heterocycles. The maximum absolute atomic E-state index is 13.7. The zero-order valence-corrected chi connectivity index (χ0v) is 17.8. The lowest BCUT2D eigenvalue weighted by molar-refractivity contribution is -0.742. The van der Waals surface area contributed by atoms with Crippen LogP contribution < -0.4 is 0 Å². The highest BCUT2D eigenvalue weighted by Gasteiger charge is 2.37. The molecule has 0 aliphatic rings. The van der Waals surface area contributed by atoms with Crippen molar-refractivity contribution in [2.75, 3.05) is 19.8 Å². The molecule has 180 valence electrons. The van der Waals surface area contributed by atoms with Crippen molar-refractivity contribution in [2.45, 2.75) is 26.9 Å². The lowest BCUT2D eigenvalue weighted by atomic mass is 9.89. The number of carbonyl (C=O) groups excluding carboxylic acids is 2. The Hall–Kier alpha value is -3.74. The van der Waals surface area contributed by atoms with Gasteiger partial charge < -0.3 is 19.8 Å². The lowest BCUT2D eigenvalue weighted by Gasteiger charge is -2.20. The number of pyridine rings is 1. The van der Waals surface area contributed by atoms with Crippen LogP contribution in [-0.2, 0) is 15.7 Å². The van der Waals surface area contributed by atoms with Gasteiger partial charge in [-0.15, -0.1) is 10.1 Å². The molecular formula is C20H21F3N2O8. The fourth-order valence-electron chi connectivity index (χ4n) is 2.98. The van der Waals surface area contributed by atoms with E-state index in [9.17, 15) is 22.8 Å². The number of hydrogen-bond acceptors (Lipinski definition) is 8. The van der Waals surface area contributed by atoms with Gasteiger partial charge in [-0.2, -0.15) is 13.2 Å². The molecule has 13 heteroatoms. The normalized spacial score (nSPS) is 10.6. The Morgan fingerprint density at radius 3 is 2.03 bits per heavy atom. The monoisotopic (exact) mass is 474 g/mol. The van der Waals surface area contributed by atoms with E-state index >= 15 is 0 Å². The second-order valence-corrected chi connectivity index (χ2v) is 6.27. The molecule has 2 aromatic rings. The van der Waals surface area contributed by atoms with Crippen molar-refractivity contribution in [1.29, 1.82) is 0 Å². The number of alkyl halides is 3. The number of halogens is 3. The van der Waals surface area contributed by atoms with Crippen molar-refractivity contribution in [3.8, 4) is 11.1 Å². The molecule has 1 aromatic carbocycles. The van der Waals surface area contributed by atoms with E-state index in [0.717, 1.165) is 6.07 Å². The first-order valence-electron chi connectivity index (χ1n) is 9.32. The molecule has 33 heavy (non-hydrogen) atoms. The zero-order valence-electron chi connectivity index (χ0n) is 17.8. The molecule has 0 atom stereocenters. The molecule has 0 radical (unpaired) electrons. The van der Waals surface area contributed by atoms with Gasteiger partial charge in [0.15, 0.2) is 0 Å². The Labute approximate surface area is 185 Å². The lowest BCUT2D eigenvalue weighted by Crippen LogP contribution is -2.19. The van der Waals surface area contributed by atoms with Gasteiger partial charge in [0.05, 0.1) is 41.3 Å². The van der Waals surface area contributed by atoms with Crippen molar-refractivity contribution in [1.82, 2.24) is 4.98 Å². The average Bonchev–Trinajstić information content (AvgIpc) is 2.70. The molecule has 0 amide bonds. The van der Waals surface area contributed by atoms with E-state index in [1.54, 1.807) is 6.92 Å². The maximum Gasteiger partial charge on any atom is 0.417 e. The maximum atomic E-state index is 13.7. The van der Waals surface area contributed by atoms with Crippen LogP contribution in [0.15, 0.2) is 24.3 Å². The molecule has 0 saturated carbocycles. The summed E-state index contributed by atoms with van der Waals surface area (Å²) in [5.41, 5.74) is -1.98. The molecule has 0 bridgehead atoms.